The number of aromatic nitrogens is 5. The number of rotatable bonds is 6. The number of nitrogens with zero attached hydrogens (tertiary/aromatic N) is 5. The smallest absolute Gasteiger partial charge is 0.254 e. The average molecular weight is 393 g/mol. The number of carbonyl (C=O) groups is 1. The van der Waals surface area contributed by atoms with Gasteiger partial charge in [-0.3, -0.25) is 4.79 Å². The van der Waals surface area contributed by atoms with Crippen LogP contribution in [0.2, 0.25) is 5.02 Å². The minimum Gasteiger partial charge on any atom is -0.348 e. The minimum absolute atomic E-state index is 0.184. The second-order valence-electron chi connectivity index (χ2n) is 6.19. The van der Waals surface area contributed by atoms with Gasteiger partial charge in [0.05, 0.1) is 24.0 Å². The van der Waals surface area contributed by atoms with Crippen LogP contribution in [0.1, 0.15) is 21.5 Å². The zero-order valence-corrected chi connectivity index (χ0v) is 15.6. The van der Waals surface area contributed by atoms with Gasteiger partial charge in [-0.05, 0) is 35.4 Å². The Kier molecular flexibility index (Phi) is 5.16. The third kappa shape index (κ3) is 4.10. The predicted molar refractivity (Wildman–Crippen MR) is 105 cm³/mol. The SMILES string of the molecule is O=C(NCc1ccccc1Cn1cncn1)c1cnn(-c2ccc(Cl)cc2)c1. The maximum atomic E-state index is 12.5. The van der Waals surface area contributed by atoms with E-state index in [0.717, 1.165) is 16.8 Å². The summed E-state index contributed by atoms with van der Waals surface area (Å²) in [6.07, 6.45) is 6.41. The van der Waals surface area contributed by atoms with E-state index in [1.807, 2.05) is 36.4 Å². The number of halogens is 1. The summed E-state index contributed by atoms with van der Waals surface area (Å²) in [6.45, 7) is 1.01. The summed E-state index contributed by atoms with van der Waals surface area (Å²) in [6, 6.07) is 15.2. The number of amides is 1. The Morgan fingerprint density at radius 1 is 1.04 bits per heavy atom. The van der Waals surface area contributed by atoms with Gasteiger partial charge in [-0.1, -0.05) is 35.9 Å². The van der Waals surface area contributed by atoms with Crippen molar-refractivity contribution in [3.8, 4) is 5.69 Å². The molecule has 0 saturated heterocycles. The van der Waals surface area contributed by atoms with Crippen molar-refractivity contribution in [1.29, 1.82) is 0 Å². The normalized spacial score (nSPS) is 10.8. The van der Waals surface area contributed by atoms with Crippen LogP contribution < -0.4 is 5.32 Å². The fraction of sp³-hybridized carbons (Fsp3) is 0.100. The predicted octanol–water partition coefficient (Wildman–Crippen LogP) is 3.10. The van der Waals surface area contributed by atoms with Crippen LogP contribution in [0.5, 0.6) is 0 Å². The molecule has 0 aliphatic heterocycles. The van der Waals surface area contributed by atoms with Gasteiger partial charge >= 0.3 is 0 Å². The van der Waals surface area contributed by atoms with Crippen LogP contribution in [-0.4, -0.2) is 30.5 Å². The molecule has 0 aliphatic rings. The van der Waals surface area contributed by atoms with E-state index in [1.54, 1.807) is 40.2 Å². The molecule has 0 atom stereocenters. The third-order valence-electron chi connectivity index (χ3n) is 4.29. The van der Waals surface area contributed by atoms with Gasteiger partial charge in [0.1, 0.15) is 12.7 Å². The van der Waals surface area contributed by atoms with Crippen LogP contribution in [-0.2, 0) is 13.1 Å². The van der Waals surface area contributed by atoms with Crippen LogP contribution in [0.15, 0.2) is 73.6 Å². The van der Waals surface area contributed by atoms with E-state index in [9.17, 15) is 4.79 Å². The molecular weight excluding hydrogens is 376 g/mol. The standard InChI is InChI=1S/C20H17ClN6O/c21-18-5-7-19(8-6-18)27-12-17(10-24-27)20(28)23-9-15-3-1-2-4-16(15)11-26-14-22-13-25-26/h1-8,10,12-14H,9,11H2,(H,23,28). The molecule has 0 aliphatic carbocycles. The maximum Gasteiger partial charge on any atom is 0.254 e. The highest BCUT2D eigenvalue weighted by molar-refractivity contribution is 6.30. The lowest BCUT2D eigenvalue weighted by Crippen LogP contribution is -2.23. The van der Waals surface area contributed by atoms with E-state index < -0.39 is 0 Å². The molecular formula is C20H17ClN6O. The number of hydrogen-bond acceptors (Lipinski definition) is 4. The third-order valence-corrected chi connectivity index (χ3v) is 4.54. The van der Waals surface area contributed by atoms with E-state index in [0.29, 0.717) is 23.7 Å². The molecule has 2 aromatic heterocycles. The molecule has 8 heteroatoms. The fourth-order valence-corrected chi connectivity index (χ4v) is 2.95. The van der Waals surface area contributed by atoms with Crippen molar-refractivity contribution in [2.24, 2.45) is 0 Å². The molecule has 1 amide bonds. The first kappa shape index (κ1) is 17.9. The molecule has 0 saturated carbocycles. The molecule has 7 nitrogen and oxygen atoms in total. The Morgan fingerprint density at radius 2 is 1.82 bits per heavy atom. The van der Waals surface area contributed by atoms with Crippen LogP contribution in [0.4, 0.5) is 0 Å². The number of carbonyl (C=O) groups excluding carboxylic acids is 1. The summed E-state index contributed by atoms with van der Waals surface area (Å²) in [5, 5.41) is 12.0. The summed E-state index contributed by atoms with van der Waals surface area (Å²) in [7, 11) is 0. The summed E-state index contributed by atoms with van der Waals surface area (Å²) in [5.74, 6) is -0.184. The summed E-state index contributed by atoms with van der Waals surface area (Å²) >= 11 is 5.91. The molecule has 140 valence electrons. The van der Waals surface area contributed by atoms with Crippen LogP contribution in [0.25, 0.3) is 5.69 Å². The van der Waals surface area contributed by atoms with E-state index >= 15 is 0 Å². The second kappa shape index (κ2) is 8.06. The zero-order chi connectivity index (χ0) is 19.3. The van der Waals surface area contributed by atoms with Crippen LogP contribution in [0, 0.1) is 0 Å². The Balaban J connectivity index is 1.43. The highest BCUT2D eigenvalue weighted by Crippen LogP contribution is 2.14. The Hall–Kier alpha value is -3.45. The van der Waals surface area contributed by atoms with Gasteiger partial charge in [0.25, 0.3) is 5.91 Å². The molecule has 4 aromatic rings. The van der Waals surface area contributed by atoms with Crippen molar-refractivity contribution < 1.29 is 4.79 Å². The Labute approximate surface area is 166 Å². The molecule has 0 radical (unpaired) electrons. The van der Waals surface area contributed by atoms with Gasteiger partial charge in [0.15, 0.2) is 0 Å². The lowest BCUT2D eigenvalue weighted by atomic mass is 10.1. The Morgan fingerprint density at radius 3 is 2.57 bits per heavy atom. The first-order valence-electron chi connectivity index (χ1n) is 8.67. The first-order chi connectivity index (χ1) is 13.7. The number of nitrogens with one attached hydrogen (secondary N) is 1. The number of hydrogen-bond donors (Lipinski definition) is 1. The molecule has 0 fully saturated rings. The molecule has 2 heterocycles. The lowest BCUT2D eigenvalue weighted by Gasteiger charge is -2.10. The lowest BCUT2D eigenvalue weighted by molar-refractivity contribution is 0.0951. The van der Waals surface area contributed by atoms with Gasteiger partial charge in [-0.25, -0.2) is 14.3 Å². The first-order valence-corrected chi connectivity index (χ1v) is 9.05. The van der Waals surface area contributed by atoms with E-state index in [4.69, 9.17) is 11.6 Å². The molecule has 28 heavy (non-hydrogen) atoms. The second-order valence-corrected chi connectivity index (χ2v) is 6.63. The van der Waals surface area contributed by atoms with Crippen molar-refractivity contribution in [1.82, 2.24) is 29.9 Å². The molecule has 0 unspecified atom stereocenters. The van der Waals surface area contributed by atoms with Crippen molar-refractivity contribution in [3.63, 3.8) is 0 Å². The van der Waals surface area contributed by atoms with Crippen molar-refractivity contribution in [3.05, 3.63) is 95.3 Å². The van der Waals surface area contributed by atoms with Crippen LogP contribution in [0.3, 0.4) is 0 Å². The molecule has 0 bridgehead atoms. The van der Waals surface area contributed by atoms with E-state index in [1.165, 1.54) is 6.33 Å². The molecule has 0 spiro atoms. The largest absolute Gasteiger partial charge is 0.348 e. The van der Waals surface area contributed by atoms with Gasteiger partial charge < -0.3 is 5.32 Å². The van der Waals surface area contributed by atoms with Crippen molar-refractivity contribution >= 4 is 17.5 Å². The molecule has 2 aromatic carbocycles. The average Bonchev–Trinajstić information content (AvgIpc) is 3.40. The summed E-state index contributed by atoms with van der Waals surface area (Å²) in [4.78, 5) is 16.5. The van der Waals surface area contributed by atoms with Crippen molar-refractivity contribution in [2.45, 2.75) is 13.1 Å². The van der Waals surface area contributed by atoms with Gasteiger partial charge in [-0.15, -0.1) is 0 Å². The monoisotopic (exact) mass is 392 g/mol. The fourth-order valence-electron chi connectivity index (χ4n) is 2.83. The van der Waals surface area contributed by atoms with Gasteiger partial charge in [-0.2, -0.15) is 10.2 Å². The summed E-state index contributed by atoms with van der Waals surface area (Å²) < 4.78 is 3.39. The quantitative estimate of drug-likeness (QED) is 0.547. The highest BCUT2D eigenvalue weighted by atomic mass is 35.5. The zero-order valence-electron chi connectivity index (χ0n) is 14.9. The minimum atomic E-state index is -0.184. The summed E-state index contributed by atoms with van der Waals surface area (Å²) in [5.41, 5.74) is 3.42. The van der Waals surface area contributed by atoms with E-state index in [2.05, 4.69) is 20.5 Å². The van der Waals surface area contributed by atoms with Crippen molar-refractivity contribution in [2.75, 3.05) is 0 Å². The molecule has 1 N–H and O–H groups in total. The van der Waals surface area contributed by atoms with E-state index in [-0.39, 0.29) is 5.91 Å². The van der Waals surface area contributed by atoms with Crippen LogP contribution >= 0.6 is 11.6 Å². The highest BCUT2D eigenvalue weighted by Gasteiger charge is 2.11. The van der Waals surface area contributed by atoms with Gasteiger partial charge in [0, 0.05) is 17.8 Å². The van der Waals surface area contributed by atoms with Gasteiger partial charge in [0.2, 0.25) is 0 Å². The maximum absolute atomic E-state index is 12.5. The topological polar surface area (TPSA) is 77.6 Å². The molecule has 4 rings (SSSR count). The number of benzene rings is 2. The Bertz CT molecular complexity index is 1070.